The molecular weight excluding hydrogens is 805 g/mol. The zero-order valence-electron chi connectivity index (χ0n) is 39.2. The third kappa shape index (κ3) is 9.62. The maximum Gasteiger partial charge on any atom is 0.306 e. The normalized spacial score (nSPS) is 49.2. The van der Waals surface area contributed by atoms with E-state index < -0.39 is 109 Å². The van der Waals surface area contributed by atoms with Gasteiger partial charge < -0.3 is 63.4 Å². The van der Waals surface area contributed by atoms with Gasteiger partial charge in [0.25, 0.3) is 0 Å². The number of hydrogen-bond donors (Lipinski definition) is 5. The Morgan fingerprint density at radius 1 is 0.887 bits per heavy atom. The Bertz CT molecular complexity index is 1600. The average molecular weight is 883 g/mol. The van der Waals surface area contributed by atoms with E-state index in [1.807, 2.05) is 40.7 Å². The van der Waals surface area contributed by atoms with Gasteiger partial charge in [-0.3, -0.25) is 9.59 Å². The SMILES string of the molecule is CO[C@@H]1[C@H](O)C[C@H](O[C@@H]2C[C@H]([C@]3(C)CC[C@@]4(C[C@H](O)[C@@H](C)[C@H]([C@H](C)/C=C(/C)C(=O)[C@H](C)C[C@@H](C)C(=O)O)O4)O3)O[C@@]3(O[C@H]([C@@H]4O[C@](O)(CO)[C@@H](C)C[C@@H]4C)C[C@@H]3C)[C@H]2C)O[C@@H]1C. The average Bonchev–Trinajstić information content (AvgIpc) is 3.71. The monoisotopic (exact) mass is 883 g/mol. The summed E-state index contributed by atoms with van der Waals surface area (Å²) < 4.78 is 53.5. The van der Waals surface area contributed by atoms with Crippen LogP contribution in [0.3, 0.4) is 0 Å². The van der Waals surface area contributed by atoms with Gasteiger partial charge in [0.15, 0.2) is 29.4 Å². The van der Waals surface area contributed by atoms with Crippen LogP contribution < -0.4 is 0 Å². The maximum absolute atomic E-state index is 13.4. The van der Waals surface area contributed by atoms with Crippen molar-refractivity contribution in [3.05, 3.63) is 11.6 Å². The fourth-order valence-electron chi connectivity index (χ4n) is 11.9. The van der Waals surface area contributed by atoms with E-state index in [1.165, 1.54) is 0 Å². The van der Waals surface area contributed by atoms with Crippen molar-refractivity contribution in [1.29, 1.82) is 0 Å². The summed E-state index contributed by atoms with van der Waals surface area (Å²) in [4.78, 5) is 24.8. The number of carbonyl (C=O) groups is 2. The van der Waals surface area contributed by atoms with Gasteiger partial charge in [-0.05, 0) is 57.9 Å². The van der Waals surface area contributed by atoms with Crippen LogP contribution in [0.4, 0.5) is 0 Å². The van der Waals surface area contributed by atoms with E-state index in [9.17, 15) is 35.1 Å². The van der Waals surface area contributed by atoms with E-state index >= 15 is 0 Å². The number of hydrogen-bond acceptors (Lipinski definition) is 14. The molecule has 0 aromatic rings. The summed E-state index contributed by atoms with van der Waals surface area (Å²) in [5.41, 5.74) is -0.398. The predicted octanol–water partition coefficient (Wildman–Crippen LogP) is 5.12. The molecule has 2 spiro atoms. The van der Waals surface area contributed by atoms with E-state index in [0.29, 0.717) is 37.7 Å². The van der Waals surface area contributed by atoms with E-state index in [1.54, 1.807) is 27.9 Å². The van der Waals surface area contributed by atoms with Crippen molar-refractivity contribution in [2.45, 2.75) is 212 Å². The lowest BCUT2D eigenvalue weighted by atomic mass is 9.76. The minimum absolute atomic E-state index is 0.0298. The second kappa shape index (κ2) is 18.9. The number of ether oxygens (including phenoxy) is 8. The highest BCUT2D eigenvalue weighted by Crippen LogP contribution is 2.56. The molecule has 15 nitrogen and oxygen atoms in total. The second-order valence-corrected chi connectivity index (χ2v) is 20.8. The Hall–Kier alpha value is -1.60. The number of methoxy groups -OCH3 is 1. The first-order valence-electron chi connectivity index (χ1n) is 23.3. The molecule has 6 saturated heterocycles. The molecular formula is C47H78O15. The van der Waals surface area contributed by atoms with Gasteiger partial charge in [-0.15, -0.1) is 0 Å². The number of Topliss-reactive ketones (excluding diaryl/α,β-unsaturated/α-hetero) is 1. The number of carboxylic acids is 1. The Morgan fingerprint density at radius 2 is 1.58 bits per heavy atom. The van der Waals surface area contributed by atoms with Crippen LogP contribution in [0.2, 0.25) is 0 Å². The highest BCUT2D eigenvalue weighted by Gasteiger charge is 2.65. The number of carbonyl (C=O) groups excluding carboxylic acids is 1. The van der Waals surface area contributed by atoms with Gasteiger partial charge in [0.1, 0.15) is 6.10 Å². The standard InChI is InChI=1S/C47H78O15/c1-23(39(51)24(2)16-27(5)43(52)53)15-25(3)40-30(8)34(50)21-45(60-40)14-13-44(11,62-45)37-20-35(57-38-19-33(49)42(55-12)32(10)56-38)31(9)47(59-37)29(7)18-36(58-47)41-26(4)17-28(6)46(54,22-48)61-41/h15,24-38,40-42,48-50,54H,13-14,16-22H2,1-12H3,(H,52,53)/b23-15-/t24-,25-,26+,27-,28+,29+,30-,31+,32-,33-,34+,35-,36+,37-,38+,40+,41-,42+,44+,45+,46-,47-/m1/s1. The summed E-state index contributed by atoms with van der Waals surface area (Å²) in [6.07, 6.45) is -0.451. The molecule has 0 aromatic carbocycles. The molecule has 0 radical (unpaired) electrons. The Morgan fingerprint density at radius 3 is 2.21 bits per heavy atom. The van der Waals surface area contributed by atoms with Crippen LogP contribution in [0.5, 0.6) is 0 Å². The van der Waals surface area contributed by atoms with Crippen molar-refractivity contribution < 1.29 is 73.0 Å². The largest absolute Gasteiger partial charge is 0.481 e. The molecule has 6 fully saturated rings. The Labute approximate surface area is 368 Å². The van der Waals surface area contributed by atoms with E-state index in [2.05, 4.69) is 20.8 Å². The minimum atomic E-state index is -1.69. The van der Waals surface area contributed by atoms with E-state index in [0.717, 1.165) is 0 Å². The van der Waals surface area contributed by atoms with Gasteiger partial charge >= 0.3 is 5.97 Å². The van der Waals surface area contributed by atoms with Crippen LogP contribution in [-0.2, 0) is 47.5 Å². The van der Waals surface area contributed by atoms with Crippen molar-refractivity contribution >= 4 is 11.8 Å². The lowest BCUT2D eigenvalue weighted by Gasteiger charge is -2.54. The first-order chi connectivity index (χ1) is 28.9. The summed E-state index contributed by atoms with van der Waals surface area (Å²) in [6.45, 7) is 20.5. The Balaban J connectivity index is 1.25. The number of aliphatic carboxylic acids is 1. The van der Waals surface area contributed by atoms with Crippen LogP contribution in [0.15, 0.2) is 11.6 Å². The molecule has 6 heterocycles. The number of ketones is 1. The number of aliphatic hydroxyl groups excluding tert-OH is 3. The molecule has 22 atom stereocenters. The van der Waals surface area contributed by atoms with Crippen LogP contribution in [-0.4, -0.2) is 135 Å². The lowest BCUT2D eigenvalue weighted by molar-refractivity contribution is -0.391. The third-order valence-electron chi connectivity index (χ3n) is 15.9. The fraction of sp³-hybridized carbons (Fsp3) is 0.915. The van der Waals surface area contributed by atoms with Gasteiger partial charge in [-0.2, -0.15) is 0 Å². The summed E-state index contributed by atoms with van der Waals surface area (Å²) in [6, 6.07) is 0. The van der Waals surface area contributed by atoms with Crippen LogP contribution >= 0.6 is 0 Å². The Kier molecular flexibility index (Phi) is 15.2. The predicted molar refractivity (Wildman–Crippen MR) is 225 cm³/mol. The van der Waals surface area contributed by atoms with Crippen molar-refractivity contribution in [3.63, 3.8) is 0 Å². The molecule has 0 amide bonds. The molecule has 0 aromatic heterocycles. The van der Waals surface area contributed by atoms with Crippen molar-refractivity contribution in [3.8, 4) is 0 Å². The first kappa shape index (κ1) is 49.8. The van der Waals surface area contributed by atoms with Gasteiger partial charge in [-0.25, -0.2) is 0 Å². The molecule has 6 rings (SSSR count). The van der Waals surface area contributed by atoms with E-state index in [4.69, 9.17) is 37.9 Å². The van der Waals surface area contributed by atoms with Gasteiger partial charge in [0.2, 0.25) is 0 Å². The van der Waals surface area contributed by atoms with Gasteiger partial charge in [0.05, 0.1) is 67.0 Å². The van der Waals surface area contributed by atoms with Crippen LogP contribution in [0.1, 0.15) is 128 Å². The highest BCUT2D eigenvalue weighted by atomic mass is 16.8. The molecule has 62 heavy (non-hydrogen) atoms. The topological polar surface area (TPSA) is 209 Å². The van der Waals surface area contributed by atoms with Gasteiger partial charge in [-0.1, -0.05) is 61.5 Å². The van der Waals surface area contributed by atoms with Crippen molar-refractivity contribution in [1.82, 2.24) is 0 Å². The molecule has 0 aliphatic carbocycles. The summed E-state index contributed by atoms with van der Waals surface area (Å²) >= 11 is 0. The molecule has 0 bridgehead atoms. The second-order valence-electron chi connectivity index (χ2n) is 20.8. The van der Waals surface area contributed by atoms with Crippen molar-refractivity contribution in [2.24, 2.45) is 47.3 Å². The number of aliphatic hydroxyl groups is 4. The molecule has 15 heteroatoms. The smallest absolute Gasteiger partial charge is 0.306 e. The molecule has 5 N–H and O–H groups in total. The zero-order chi connectivity index (χ0) is 45.9. The number of rotatable bonds is 13. The summed E-state index contributed by atoms with van der Waals surface area (Å²) in [5, 5.41) is 53.5. The zero-order valence-corrected chi connectivity index (χ0v) is 39.2. The maximum atomic E-state index is 13.4. The van der Waals surface area contributed by atoms with Gasteiger partial charge in [0, 0.05) is 68.3 Å². The molecule has 0 unspecified atom stereocenters. The number of carboxylic acid groups (broad SMARTS) is 1. The highest BCUT2D eigenvalue weighted by molar-refractivity contribution is 5.96. The number of allylic oxidation sites excluding steroid dienone is 1. The quantitative estimate of drug-likeness (QED) is 0.152. The molecule has 356 valence electrons. The van der Waals surface area contributed by atoms with Crippen molar-refractivity contribution in [2.75, 3.05) is 13.7 Å². The fourth-order valence-corrected chi connectivity index (χ4v) is 11.9. The van der Waals surface area contributed by atoms with Crippen LogP contribution in [0, 0.1) is 47.3 Å². The summed E-state index contributed by atoms with van der Waals surface area (Å²) in [5.74, 6) is -7.44. The minimum Gasteiger partial charge on any atom is -0.481 e. The molecule has 6 aliphatic heterocycles. The molecule has 6 aliphatic rings. The first-order valence-corrected chi connectivity index (χ1v) is 23.3. The lowest BCUT2D eigenvalue weighted by Crippen LogP contribution is -2.63. The van der Waals surface area contributed by atoms with E-state index in [-0.39, 0.29) is 60.6 Å². The molecule has 0 saturated carbocycles. The third-order valence-corrected chi connectivity index (χ3v) is 15.9. The van der Waals surface area contributed by atoms with Crippen LogP contribution in [0.25, 0.3) is 0 Å². The summed E-state index contributed by atoms with van der Waals surface area (Å²) in [7, 11) is 1.55.